The summed E-state index contributed by atoms with van der Waals surface area (Å²) in [5, 5.41) is 7.43. The Labute approximate surface area is 225 Å². The van der Waals surface area contributed by atoms with Gasteiger partial charge in [-0.25, -0.2) is 0 Å². The van der Waals surface area contributed by atoms with Gasteiger partial charge in [0.15, 0.2) is 5.78 Å². The van der Waals surface area contributed by atoms with Gasteiger partial charge in [-0.3, -0.25) is 14.4 Å². The van der Waals surface area contributed by atoms with Crippen molar-refractivity contribution in [3.63, 3.8) is 0 Å². The van der Waals surface area contributed by atoms with Gasteiger partial charge in [-0.05, 0) is 60.0 Å². The maximum Gasteiger partial charge on any atom is 0.254 e. The zero-order valence-electron chi connectivity index (χ0n) is 22.6. The number of Topliss-reactive ketones (excluding diaryl/α,β-unsaturated/α-hetero) is 1. The third-order valence-electron chi connectivity index (χ3n) is 6.91. The number of carbonyl (C=O) groups is 3. The van der Waals surface area contributed by atoms with E-state index in [2.05, 4.69) is 42.4 Å². The van der Waals surface area contributed by atoms with Gasteiger partial charge in [-0.1, -0.05) is 49.1 Å². The Balaban J connectivity index is 1.56. The van der Waals surface area contributed by atoms with E-state index < -0.39 is 14.1 Å². The molecule has 2 N–H and O–H groups in total. The van der Waals surface area contributed by atoms with Gasteiger partial charge in [-0.15, -0.1) is 0 Å². The van der Waals surface area contributed by atoms with Crippen LogP contribution >= 0.6 is 0 Å². The van der Waals surface area contributed by atoms with E-state index in [1.54, 1.807) is 38.4 Å². The third kappa shape index (κ3) is 6.14. The summed E-state index contributed by atoms with van der Waals surface area (Å²) in [4.78, 5) is 40.4. The Morgan fingerprint density at radius 1 is 1.00 bits per heavy atom. The Bertz CT molecular complexity index is 1330. The second-order valence-corrected chi connectivity index (χ2v) is 15.7. The molecule has 38 heavy (non-hydrogen) atoms. The number of nitrogens with zero attached hydrogens (tertiary/aromatic N) is 1. The maximum absolute atomic E-state index is 13.6. The van der Waals surface area contributed by atoms with E-state index >= 15 is 0 Å². The second kappa shape index (κ2) is 11.2. The molecular weight excluding hydrogens is 494 g/mol. The highest BCUT2D eigenvalue weighted by Crippen LogP contribution is 2.28. The number of anilines is 2. The van der Waals surface area contributed by atoms with Crippen LogP contribution in [-0.2, 0) is 16.0 Å². The van der Waals surface area contributed by atoms with Crippen molar-refractivity contribution in [1.29, 1.82) is 0 Å². The number of fused-ring (bicyclic) bond motifs is 1. The monoisotopic (exact) mass is 529 g/mol. The van der Waals surface area contributed by atoms with Crippen molar-refractivity contribution in [2.45, 2.75) is 38.5 Å². The molecule has 198 valence electrons. The van der Waals surface area contributed by atoms with Crippen LogP contribution in [0.25, 0.3) is 0 Å². The molecule has 3 aromatic rings. The second-order valence-electron chi connectivity index (χ2n) is 10.7. The lowest BCUT2D eigenvalue weighted by atomic mass is 9.97. The highest BCUT2D eigenvalue weighted by molar-refractivity contribution is 6.88. The van der Waals surface area contributed by atoms with Gasteiger partial charge >= 0.3 is 0 Å². The van der Waals surface area contributed by atoms with Gasteiger partial charge in [0.25, 0.3) is 5.91 Å². The maximum atomic E-state index is 13.6. The van der Waals surface area contributed by atoms with Crippen LogP contribution in [0.3, 0.4) is 0 Å². The lowest BCUT2D eigenvalue weighted by Gasteiger charge is -2.28. The van der Waals surface area contributed by atoms with Crippen LogP contribution in [0.4, 0.5) is 11.4 Å². The normalized spacial score (nSPS) is 13.7. The Hall–Kier alpha value is -3.91. The first-order valence-corrected chi connectivity index (χ1v) is 16.3. The first-order valence-electron chi connectivity index (χ1n) is 12.8. The van der Waals surface area contributed by atoms with Gasteiger partial charge in [0.05, 0.1) is 21.7 Å². The predicted molar refractivity (Wildman–Crippen MR) is 154 cm³/mol. The van der Waals surface area contributed by atoms with Crippen molar-refractivity contribution < 1.29 is 19.1 Å². The fourth-order valence-electron chi connectivity index (χ4n) is 4.62. The zero-order chi connectivity index (χ0) is 27.4. The SMILES string of the molecule is COc1ccc(C(C(=O)CNc2ccc([Si](C)(C)C)cc2)N(C)C(=O)c2ccc3c(c2)CCC(=O)N3)cc1. The average molecular weight is 530 g/mol. The number of rotatable bonds is 9. The molecule has 1 unspecified atom stereocenters. The molecule has 0 saturated carbocycles. The summed E-state index contributed by atoms with van der Waals surface area (Å²) in [7, 11) is 1.83. The standard InChI is InChI=1S/C30H35N3O4Si/c1-33(30(36)22-8-16-26-21(18-22)9-17-28(35)32-26)29(20-6-12-24(37-2)13-7-20)27(34)19-31-23-10-14-25(15-11-23)38(3,4)5/h6-8,10-16,18,29,31H,9,17,19H2,1-5H3,(H,32,35). The molecule has 0 saturated heterocycles. The largest absolute Gasteiger partial charge is 0.497 e. The topological polar surface area (TPSA) is 87.7 Å². The van der Waals surface area contributed by atoms with E-state index in [-0.39, 0.29) is 24.1 Å². The summed E-state index contributed by atoms with van der Waals surface area (Å²) < 4.78 is 5.28. The van der Waals surface area contributed by atoms with Crippen LogP contribution < -0.4 is 20.6 Å². The number of ketones is 1. The van der Waals surface area contributed by atoms with E-state index in [9.17, 15) is 14.4 Å². The average Bonchev–Trinajstić information content (AvgIpc) is 2.91. The van der Waals surface area contributed by atoms with Crippen molar-refractivity contribution >= 4 is 42.2 Å². The lowest BCUT2D eigenvalue weighted by Crippen LogP contribution is -2.38. The summed E-state index contributed by atoms with van der Waals surface area (Å²) in [5.74, 6) is 0.247. The minimum atomic E-state index is -1.41. The van der Waals surface area contributed by atoms with Crippen LogP contribution in [0.1, 0.15) is 33.9 Å². The van der Waals surface area contributed by atoms with Gasteiger partial charge in [0, 0.05) is 30.4 Å². The number of aryl methyl sites for hydroxylation is 1. The molecule has 0 spiro atoms. The number of likely N-dealkylation sites (N-methyl/N-ethyl adjacent to an activating group) is 1. The number of methoxy groups -OCH3 is 1. The molecule has 1 aliphatic heterocycles. The Kier molecular flexibility index (Phi) is 8.01. The smallest absolute Gasteiger partial charge is 0.254 e. The van der Waals surface area contributed by atoms with Crippen molar-refractivity contribution in [1.82, 2.24) is 4.90 Å². The fourth-order valence-corrected chi connectivity index (χ4v) is 5.79. The number of ether oxygens (including phenoxy) is 1. The third-order valence-corrected chi connectivity index (χ3v) is 8.97. The highest BCUT2D eigenvalue weighted by Gasteiger charge is 2.30. The van der Waals surface area contributed by atoms with Crippen molar-refractivity contribution in [2.24, 2.45) is 0 Å². The van der Waals surface area contributed by atoms with Crippen LogP contribution in [-0.4, -0.2) is 51.3 Å². The molecule has 7 nitrogen and oxygen atoms in total. The molecule has 1 atom stereocenters. The van der Waals surface area contributed by atoms with Crippen LogP contribution in [0, 0.1) is 0 Å². The molecule has 0 bridgehead atoms. The van der Waals surface area contributed by atoms with Gasteiger partial charge < -0.3 is 20.3 Å². The number of amides is 2. The van der Waals surface area contributed by atoms with E-state index in [0.29, 0.717) is 29.7 Å². The summed E-state index contributed by atoms with van der Waals surface area (Å²) in [6, 6.07) is 19.9. The molecule has 1 aliphatic rings. The molecule has 0 aromatic heterocycles. The molecule has 0 fully saturated rings. The predicted octanol–water partition coefficient (Wildman–Crippen LogP) is 4.62. The van der Waals surface area contributed by atoms with Crippen LogP contribution in [0.5, 0.6) is 5.75 Å². The summed E-state index contributed by atoms with van der Waals surface area (Å²) in [5.41, 5.74) is 3.68. The number of carbonyl (C=O) groups excluding carboxylic acids is 3. The molecule has 2 amide bonds. The van der Waals surface area contributed by atoms with Gasteiger partial charge in [-0.2, -0.15) is 0 Å². The van der Waals surface area contributed by atoms with E-state index in [0.717, 1.165) is 16.9 Å². The lowest BCUT2D eigenvalue weighted by molar-refractivity contribution is -0.121. The number of benzene rings is 3. The molecule has 0 aliphatic carbocycles. The van der Waals surface area contributed by atoms with Crippen molar-refractivity contribution in [3.8, 4) is 5.75 Å². The molecule has 0 radical (unpaired) electrons. The summed E-state index contributed by atoms with van der Waals surface area (Å²) in [6.07, 6.45) is 0.964. The first-order chi connectivity index (χ1) is 18.1. The van der Waals surface area contributed by atoms with Crippen LogP contribution in [0.15, 0.2) is 66.7 Å². The first kappa shape index (κ1) is 27.1. The minimum Gasteiger partial charge on any atom is -0.497 e. The van der Waals surface area contributed by atoms with Gasteiger partial charge in [0.1, 0.15) is 11.8 Å². The van der Waals surface area contributed by atoms with Crippen molar-refractivity contribution in [2.75, 3.05) is 31.3 Å². The summed E-state index contributed by atoms with van der Waals surface area (Å²) in [6.45, 7) is 6.95. The number of hydrogen-bond donors (Lipinski definition) is 2. The zero-order valence-corrected chi connectivity index (χ0v) is 23.6. The molecule has 1 heterocycles. The number of nitrogens with one attached hydrogen (secondary N) is 2. The molecular formula is C30H35N3O4Si. The molecule has 8 heteroatoms. The van der Waals surface area contributed by atoms with Crippen molar-refractivity contribution in [3.05, 3.63) is 83.4 Å². The quantitative estimate of drug-likeness (QED) is 0.395. The number of hydrogen-bond acceptors (Lipinski definition) is 5. The fraction of sp³-hybridized carbons (Fsp3) is 0.300. The van der Waals surface area contributed by atoms with E-state index in [1.165, 1.54) is 10.1 Å². The van der Waals surface area contributed by atoms with Crippen LogP contribution in [0.2, 0.25) is 19.6 Å². The van der Waals surface area contributed by atoms with Gasteiger partial charge in [0.2, 0.25) is 5.91 Å². The Morgan fingerprint density at radius 3 is 2.32 bits per heavy atom. The summed E-state index contributed by atoms with van der Waals surface area (Å²) >= 11 is 0. The molecule has 4 rings (SSSR count). The molecule has 3 aromatic carbocycles. The minimum absolute atomic E-state index is 0.0264. The van der Waals surface area contributed by atoms with E-state index in [4.69, 9.17) is 4.74 Å². The Morgan fingerprint density at radius 2 is 1.68 bits per heavy atom. The van der Waals surface area contributed by atoms with E-state index in [1.807, 2.05) is 30.3 Å². The highest BCUT2D eigenvalue weighted by atomic mass is 28.3.